The van der Waals surface area contributed by atoms with Gasteiger partial charge in [-0.3, -0.25) is 4.79 Å². The molecule has 1 amide bonds. The highest BCUT2D eigenvalue weighted by Gasteiger charge is 2.50. The molecule has 0 aromatic heterocycles. The Morgan fingerprint density at radius 2 is 1.94 bits per heavy atom. The van der Waals surface area contributed by atoms with Gasteiger partial charge in [0.1, 0.15) is 0 Å². The van der Waals surface area contributed by atoms with Crippen LogP contribution in [0.1, 0.15) is 16.8 Å². The zero-order chi connectivity index (χ0) is 12.1. The summed E-state index contributed by atoms with van der Waals surface area (Å²) in [7, 11) is 0. The van der Waals surface area contributed by atoms with Crippen LogP contribution in [0.4, 0.5) is 0 Å². The molecular formula is C15H18N2O. The molecular weight excluding hydrogens is 224 g/mol. The Labute approximate surface area is 107 Å². The Balaban J connectivity index is 1.62. The van der Waals surface area contributed by atoms with Crippen molar-refractivity contribution in [1.82, 2.24) is 9.80 Å². The molecule has 1 aromatic carbocycles. The van der Waals surface area contributed by atoms with Crippen LogP contribution in [0.3, 0.4) is 0 Å². The summed E-state index contributed by atoms with van der Waals surface area (Å²) < 4.78 is 0. The zero-order valence-electron chi connectivity index (χ0n) is 10.5. The van der Waals surface area contributed by atoms with Crippen LogP contribution in [0.5, 0.6) is 0 Å². The first-order chi connectivity index (χ1) is 8.83. The fourth-order valence-electron chi connectivity index (χ4n) is 4.09. The molecule has 4 aliphatic heterocycles. The molecule has 4 bridgehead atoms. The number of likely N-dealkylation sites (tertiary alicyclic amines) is 1. The van der Waals surface area contributed by atoms with Crippen LogP contribution in [0, 0.1) is 11.8 Å². The van der Waals surface area contributed by atoms with Gasteiger partial charge in [-0.05, 0) is 36.9 Å². The standard InChI is InChI=1S/C15H18N2O/c18-15(11-4-2-1-3-5-11)17-9-12-8-16-7-6-13(12)14(17)10-16/h1-5,12-14H,6-10H2. The van der Waals surface area contributed by atoms with Crippen molar-refractivity contribution in [2.45, 2.75) is 12.5 Å². The molecule has 18 heavy (non-hydrogen) atoms. The minimum Gasteiger partial charge on any atom is -0.334 e. The van der Waals surface area contributed by atoms with E-state index in [0.29, 0.717) is 6.04 Å². The van der Waals surface area contributed by atoms with Crippen LogP contribution in [0.25, 0.3) is 0 Å². The largest absolute Gasteiger partial charge is 0.334 e. The molecule has 94 valence electrons. The molecule has 4 atom stereocenters. The molecule has 3 heteroatoms. The van der Waals surface area contributed by atoms with Crippen molar-refractivity contribution < 1.29 is 4.79 Å². The molecule has 5 rings (SSSR count). The van der Waals surface area contributed by atoms with Crippen LogP contribution in [0.2, 0.25) is 0 Å². The second kappa shape index (κ2) is 3.82. The molecule has 4 heterocycles. The Bertz CT molecular complexity index is 473. The van der Waals surface area contributed by atoms with Gasteiger partial charge in [0.2, 0.25) is 0 Å². The maximum Gasteiger partial charge on any atom is 0.254 e. The number of benzene rings is 1. The van der Waals surface area contributed by atoms with Crippen molar-refractivity contribution >= 4 is 5.91 Å². The first-order valence-corrected chi connectivity index (χ1v) is 6.91. The Hall–Kier alpha value is -1.35. The number of fused-ring (bicyclic) bond motifs is 1. The van der Waals surface area contributed by atoms with E-state index in [9.17, 15) is 4.79 Å². The van der Waals surface area contributed by atoms with Gasteiger partial charge in [0.15, 0.2) is 0 Å². The predicted molar refractivity (Wildman–Crippen MR) is 69.3 cm³/mol. The summed E-state index contributed by atoms with van der Waals surface area (Å²) in [4.78, 5) is 17.3. The van der Waals surface area contributed by atoms with Gasteiger partial charge in [0.25, 0.3) is 5.91 Å². The summed E-state index contributed by atoms with van der Waals surface area (Å²) in [6.45, 7) is 4.52. The summed E-state index contributed by atoms with van der Waals surface area (Å²) in [6, 6.07) is 10.2. The smallest absolute Gasteiger partial charge is 0.254 e. The summed E-state index contributed by atoms with van der Waals surface area (Å²) in [5.74, 6) is 1.73. The second-order valence-electron chi connectivity index (χ2n) is 5.86. The molecule has 3 nitrogen and oxygen atoms in total. The van der Waals surface area contributed by atoms with Crippen molar-refractivity contribution in [3.8, 4) is 0 Å². The number of rotatable bonds is 1. The first kappa shape index (κ1) is 10.6. The van der Waals surface area contributed by atoms with Crippen LogP contribution < -0.4 is 0 Å². The van der Waals surface area contributed by atoms with Gasteiger partial charge in [0.05, 0.1) is 0 Å². The number of piperidine rings is 3. The third-order valence-electron chi connectivity index (χ3n) is 4.93. The summed E-state index contributed by atoms with van der Waals surface area (Å²) in [5.41, 5.74) is 0.843. The number of carbonyl (C=O) groups excluding carboxylic acids is 1. The van der Waals surface area contributed by atoms with Crippen molar-refractivity contribution in [2.75, 3.05) is 26.2 Å². The first-order valence-electron chi connectivity index (χ1n) is 6.91. The normalized spacial score (nSPS) is 37.0. The minimum absolute atomic E-state index is 0.233. The maximum absolute atomic E-state index is 12.6. The molecule has 1 aromatic rings. The molecule has 0 aliphatic carbocycles. The highest BCUT2D eigenvalue weighted by atomic mass is 16.2. The highest BCUT2D eigenvalue weighted by molar-refractivity contribution is 5.94. The van der Waals surface area contributed by atoms with Crippen LogP contribution in [-0.2, 0) is 0 Å². The average molecular weight is 242 g/mol. The van der Waals surface area contributed by atoms with Gasteiger partial charge in [-0.15, -0.1) is 0 Å². The Kier molecular flexibility index (Phi) is 2.24. The van der Waals surface area contributed by atoms with Crippen LogP contribution >= 0.6 is 0 Å². The molecule has 0 radical (unpaired) electrons. The van der Waals surface area contributed by atoms with E-state index >= 15 is 0 Å². The van der Waals surface area contributed by atoms with Crippen LogP contribution in [0.15, 0.2) is 30.3 Å². The van der Waals surface area contributed by atoms with Crippen LogP contribution in [-0.4, -0.2) is 47.9 Å². The van der Waals surface area contributed by atoms with Gasteiger partial charge in [-0.1, -0.05) is 18.2 Å². The molecule has 4 fully saturated rings. The lowest BCUT2D eigenvalue weighted by Crippen LogP contribution is -2.54. The van der Waals surface area contributed by atoms with Crippen molar-refractivity contribution in [3.05, 3.63) is 35.9 Å². The van der Waals surface area contributed by atoms with Gasteiger partial charge in [-0.2, -0.15) is 0 Å². The molecule has 0 spiro atoms. The molecule has 4 unspecified atom stereocenters. The van der Waals surface area contributed by atoms with E-state index in [1.807, 2.05) is 30.3 Å². The number of hydrogen-bond donors (Lipinski definition) is 0. The lowest BCUT2D eigenvalue weighted by atomic mass is 9.80. The number of hydrogen-bond acceptors (Lipinski definition) is 2. The number of carbonyl (C=O) groups is 1. The van der Waals surface area contributed by atoms with Gasteiger partial charge in [0, 0.05) is 31.2 Å². The summed E-state index contributed by atoms with van der Waals surface area (Å²) in [6.07, 6.45) is 1.29. The predicted octanol–water partition coefficient (Wildman–Crippen LogP) is 1.46. The molecule has 4 aliphatic rings. The monoisotopic (exact) mass is 242 g/mol. The molecule has 0 N–H and O–H groups in total. The van der Waals surface area contributed by atoms with E-state index in [0.717, 1.165) is 30.5 Å². The Morgan fingerprint density at radius 1 is 1.11 bits per heavy atom. The second-order valence-corrected chi connectivity index (χ2v) is 5.86. The van der Waals surface area contributed by atoms with E-state index in [-0.39, 0.29) is 5.91 Å². The minimum atomic E-state index is 0.233. The number of amides is 1. The fraction of sp³-hybridized carbons (Fsp3) is 0.533. The van der Waals surface area contributed by atoms with E-state index in [1.54, 1.807) is 0 Å². The zero-order valence-corrected chi connectivity index (χ0v) is 10.5. The quantitative estimate of drug-likeness (QED) is 0.744. The molecule has 4 saturated heterocycles. The van der Waals surface area contributed by atoms with E-state index in [4.69, 9.17) is 0 Å². The lowest BCUT2D eigenvalue weighted by molar-refractivity contribution is 0.0422. The average Bonchev–Trinajstić information content (AvgIpc) is 2.71. The fourth-order valence-corrected chi connectivity index (χ4v) is 4.09. The van der Waals surface area contributed by atoms with E-state index < -0.39 is 0 Å². The Morgan fingerprint density at radius 3 is 2.67 bits per heavy atom. The third-order valence-corrected chi connectivity index (χ3v) is 4.93. The van der Waals surface area contributed by atoms with E-state index in [2.05, 4.69) is 9.80 Å². The highest BCUT2D eigenvalue weighted by Crippen LogP contribution is 2.41. The third kappa shape index (κ3) is 1.43. The summed E-state index contributed by atoms with van der Waals surface area (Å²) >= 11 is 0. The van der Waals surface area contributed by atoms with Crippen molar-refractivity contribution in [3.63, 3.8) is 0 Å². The molecule has 0 saturated carbocycles. The van der Waals surface area contributed by atoms with Gasteiger partial charge in [-0.25, -0.2) is 0 Å². The SMILES string of the molecule is O=C(c1ccccc1)N1CC2CN3CCC2C1C3. The van der Waals surface area contributed by atoms with Gasteiger partial charge >= 0.3 is 0 Å². The lowest BCUT2D eigenvalue weighted by Gasteiger charge is -2.44. The number of nitrogens with zero attached hydrogens (tertiary/aromatic N) is 2. The van der Waals surface area contributed by atoms with Crippen molar-refractivity contribution in [2.24, 2.45) is 11.8 Å². The topological polar surface area (TPSA) is 23.6 Å². The van der Waals surface area contributed by atoms with Crippen molar-refractivity contribution in [1.29, 1.82) is 0 Å². The summed E-state index contributed by atoms with van der Waals surface area (Å²) in [5, 5.41) is 0. The maximum atomic E-state index is 12.6. The van der Waals surface area contributed by atoms with E-state index in [1.165, 1.54) is 19.5 Å². The van der Waals surface area contributed by atoms with Gasteiger partial charge < -0.3 is 9.80 Å².